The molecule has 0 atom stereocenters. The van der Waals surface area contributed by atoms with Crippen LogP contribution in [-0.2, 0) is 19.3 Å². The first-order valence-electron chi connectivity index (χ1n) is 7.82. The van der Waals surface area contributed by atoms with Crippen molar-refractivity contribution in [3.8, 4) is 0 Å². The van der Waals surface area contributed by atoms with Gasteiger partial charge in [0.05, 0.1) is 11.6 Å². The van der Waals surface area contributed by atoms with Gasteiger partial charge in [-0.05, 0) is 39.4 Å². The number of hydrogen-bond acceptors (Lipinski definition) is 3. The number of aryl methyl sites for hydroxylation is 2. The summed E-state index contributed by atoms with van der Waals surface area (Å²) in [5, 5.41) is 4.67. The van der Waals surface area contributed by atoms with Crippen LogP contribution in [0.15, 0.2) is 0 Å². The lowest BCUT2D eigenvalue weighted by Gasteiger charge is -2.30. The lowest BCUT2D eigenvalue weighted by Crippen LogP contribution is -2.32. The molecule has 1 aliphatic heterocycles. The highest BCUT2D eigenvalue weighted by molar-refractivity contribution is 6.16. The standard InChI is InChI=1S/C15H24ClN5/c1-4-5-12-14-15(20(3)18-12)21(13(10-16)17-14)11-6-8-19(2)9-7-11/h11H,4-10H2,1-3H3. The number of likely N-dealkylation sites (tertiary alicyclic amines) is 1. The summed E-state index contributed by atoms with van der Waals surface area (Å²) in [5.41, 5.74) is 3.30. The molecule has 0 bridgehead atoms. The molecule has 2 aromatic heterocycles. The molecular formula is C15H24ClN5. The van der Waals surface area contributed by atoms with Crippen LogP contribution in [0.3, 0.4) is 0 Å². The largest absolute Gasteiger partial charge is 0.309 e. The predicted molar refractivity (Wildman–Crippen MR) is 85.8 cm³/mol. The Hall–Kier alpha value is -1.07. The smallest absolute Gasteiger partial charge is 0.158 e. The van der Waals surface area contributed by atoms with E-state index in [0.717, 1.165) is 61.5 Å². The lowest BCUT2D eigenvalue weighted by atomic mass is 10.1. The van der Waals surface area contributed by atoms with E-state index in [1.807, 2.05) is 11.7 Å². The van der Waals surface area contributed by atoms with Crippen molar-refractivity contribution in [3.05, 3.63) is 11.5 Å². The quantitative estimate of drug-likeness (QED) is 0.815. The normalized spacial score (nSPS) is 17.9. The fraction of sp³-hybridized carbons (Fsp3) is 0.733. The number of alkyl halides is 1. The summed E-state index contributed by atoms with van der Waals surface area (Å²) in [6.07, 6.45) is 4.37. The Morgan fingerprint density at radius 2 is 1.95 bits per heavy atom. The molecule has 0 N–H and O–H groups in total. The van der Waals surface area contributed by atoms with Gasteiger partial charge < -0.3 is 9.47 Å². The highest BCUT2D eigenvalue weighted by atomic mass is 35.5. The second kappa shape index (κ2) is 5.97. The monoisotopic (exact) mass is 309 g/mol. The number of hydrogen-bond donors (Lipinski definition) is 0. The molecule has 1 fully saturated rings. The molecule has 0 aromatic carbocycles. The minimum atomic E-state index is 0.465. The minimum Gasteiger partial charge on any atom is -0.309 e. The molecule has 116 valence electrons. The van der Waals surface area contributed by atoms with Crippen molar-refractivity contribution in [2.45, 2.75) is 44.5 Å². The van der Waals surface area contributed by atoms with Gasteiger partial charge in [0.1, 0.15) is 11.3 Å². The number of piperidine rings is 1. The highest BCUT2D eigenvalue weighted by Gasteiger charge is 2.26. The number of rotatable bonds is 4. The van der Waals surface area contributed by atoms with E-state index in [2.05, 4.69) is 28.5 Å². The number of fused-ring (bicyclic) bond motifs is 1. The average Bonchev–Trinajstić information content (AvgIpc) is 2.99. The average molecular weight is 310 g/mol. The topological polar surface area (TPSA) is 38.9 Å². The van der Waals surface area contributed by atoms with Gasteiger partial charge in [0.15, 0.2) is 5.65 Å². The van der Waals surface area contributed by atoms with E-state index in [0.29, 0.717) is 11.9 Å². The Bertz CT molecular complexity index is 622. The Balaban J connectivity index is 2.07. The fourth-order valence-electron chi connectivity index (χ4n) is 3.38. The number of aromatic nitrogens is 4. The Kier molecular flexibility index (Phi) is 4.22. The van der Waals surface area contributed by atoms with Crippen LogP contribution in [0.5, 0.6) is 0 Å². The van der Waals surface area contributed by atoms with Gasteiger partial charge in [-0.25, -0.2) is 4.98 Å². The third-order valence-corrected chi connectivity index (χ3v) is 4.71. The minimum absolute atomic E-state index is 0.465. The first kappa shape index (κ1) is 14.9. The molecule has 6 heteroatoms. The summed E-state index contributed by atoms with van der Waals surface area (Å²) < 4.78 is 4.34. The van der Waals surface area contributed by atoms with Gasteiger partial charge in [0, 0.05) is 13.1 Å². The Morgan fingerprint density at radius 1 is 1.24 bits per heavy atom. The summed E-state index contributed by atoms with van der Waals surface area (Å²) in [4.78, 5) is 7.18. The molecule has 0 aliphatic carbocycles. The van der Waals surface area contributed by atoms with Crippen LogP contribution in [0.4, 0.5) is 0 Å². The molecule has 0 amide bonds. The Morgan fingerprint density at radius 3 is 2.57 bits per heavy atom. The first-order valence-corrected chi connectivity index (χ1v) is 8.36. The third kappa shape index (κ3) is 2.57. The fourth-order valence-corrected chi connectivity index (χ4v) is 3.57. The second-order valence-corrected chi connectivity index (χ2v) is 6.33. The molecular weight excluding hydrogens is 286 g/mol. The van der Waals surface area contributed by atoms with E-state index >= 15 is 0 Å². The van der Waals surface area contributed by atoms with Crippen molar-refractivity contribution in [1.29, 1.82) is 0 Å². The molecule has 1 aliphatic rings. The maximum absolute atomic E-state index is 6.17. The molecule has 0 radical (unpaired) electrons. The van der Waals surface area contributed by atoms with Crippen LogP contribution < -0.4 is 0 Å². The van der Waals surface area contributed by atoms with Crippen molar-refractivity contribution in [2.75, 3.05) is 20.1 Å². The van der Waals surface area contributed by atoms with Gasteiger partial charge in [-0.2, -0.15) is 5.10 Å². The molecule has 21 heavy (non-hydrogen) atoms. The maximum atomic E-state index is 6.17. The SMILES string of the molecule is CCCc1nn(C)c2c1nc(CCl)n2C1CCN(C)CC1. The van der Waals surface area contributed by atoms with Gasteiger partial charge in [-0.1, -0.05) is 13.3 Å². The van der Waals surface area contributed by atoms with E-state index in [1.54, 1.807) is 0 Å². The van der Waals surface area contributed by atoms with Crippen molar-refractivity contribution in [2.24, 2.45) is 7.05 Å². The predicted octanol–water partition coefficient (Wildman–Crippen LogP) is 2.73. The summed E-state index contributed by atoms with van der Waals surface area (Å²) in [7, 11) is 4.21. The van der Waals surface area contributed by atoms with Crippen LogP contribution >= 0.6 is 11.6 Å². The summed E-state index contributed by atoms with van der Waals surface area (Å²) >= 11 is 6.17. The molecule has 5 nitrogen and oxygen atoms in total. The molecule has 1 saturated heterocycles. The van der Waals surface area contributed by atoms with Gasteiger partial charge in [0.2, 0.25) is 0 Å². The van der Waals surface area contributed by atoms with Crippen LogP contribution in [0.1, 0.15) is 43.7 Å². The molecule has 3 rings (SSSR count). The zero-order valence-corrected chi connectivity index (χ0v) is 13.9. The number of halogens is 1. The molecule has 0 unspecified atom stereocenters. The van der Waals surface area contributed by atoms with Crippen molar-refractivity contribution in [3.63, 3.8) is 0 Å². The maximum Gasteiger partial charge on any atom is 0.158 e. The molecule has 0 saturated carbocycles. The van der Waals surface area contributed by atoms with E-state index in [-0.39, 0.29) is 0 Å². The number of nitrogens with zero attached hydrogens (tertiary/aromatic N) is 5. The van der Waals surface area contributed by atoms with Crippen LogP contribution in [0.25, 0.3) is 11.2 Å². The summed E-state index contributed by atoms with van der Waals surface area (Å²) in [5.74, 6) is 1.46. The zero-order valence-electron chi connectivity index (χ0n) is 13.1. The van der Waals surface area contributed by atoms with E-state index in [9.17, 15) is 0 Å². The molecule has 3 heterocycles. The second-order valence-electron chi connectivity index (χ2n) is 6.06. The molecule has 0 spiro atoms. The van der Waals surface area contributed by atoms with Crippen molar-refractivity contribution >= 4 is 22.8 Å². The van der Waals surface area contributed by atoms with E-state index in [1.165, 1.54) is 0 Å². The van der Waals surface area contributed by atoms with E-state index < -0.39 is 0 Å². The summed E-state index contributed by atoms with van der Waals surface area (Å²) in [6, 6.07) is 0.491. The van der Waals surface area contributed by atoms with Gasteiger partial charge in [-0.15, -0.1) is 11.6 Å². The van der Waals surface area contributed by atoms with Gasteiger partial charge in [-0.3, -0.25) is 4.68 Å². The lowest BCUT2D eigenvalue weighted by molar-refractivity contribution is 0.221. The van der Waals surface area contributed by atoms with Crippen LogP contribution in [0.2, 0.25) is 0 Å². The first-order chi connectivity index (χ1) is 10.2. The van der Waals surface area contributed by atoms with Crippen LogP contribution in [-0.4, -0.2) is 44.4 Å². The van der Waals surface area contributed by atoms with Crippen LogP contribution in [0, 0.1) is 0 Å². The van der Waals surface area contributed by atoms with Gasteiger partial charge in [0.25, 0.3) is 0 Å². The van der Waals surface area contributed by atoms with Gasteiger partial charge >= 0.3 is 0 Å². The van der Waals surface area contributed by atoms with Crippen molar-refractivity contribution < 1.29 is 0 Å². The summed E-state index contributed by atoms with van der Waals surface area (Å²) in [6.45, 7) is 4.44. The molecule has 2 aromatic rings. The highest BCUT2D eigenvalue weighted by Crippen LogP contribution is 2.30. The van der Waals surface area contributed by atoms with E-state index in [4.69, 9.17) is 16.6 Å². The number of imidazole rings is 1. The van der Waals surface area contributed by atoms with Crippen molar-refractivity contribution in [1.82, 2.24) is 24.2 Å². The Labute approximate surface area is 130 Å². The zero-order chi connectivity index (χ0) is 15.0. The third-order valence-electron chi connectivity index (χ3n) is 4.47.